The summed E-state index contributed by atoms with van der Waals surface area (Å²) in [6.07, 6.45) is 3.33. The van der Waals surface area contributed by atoms with E-state index in [1.54, 1.807) is 19.2 Å². The molecule has 31 heavy (non-hydrogen) atoms. The van der Waals surface area contributed by atoms with Crippen LogP contribution < -0.4 is 20.1 Å². The Balaban J connectivity index is 1.72. The summed E-state index contributed by atoms with van der Waals surface area (Å²) in [5.41, 5.74) is 1.37. The number of nitro groups is 1. The van der Waals surface area contributed by atoms with Crippen molar-refractivity contribution in [2.24, 2.45) is 0 Å². The van der Waals surface area contributed by atoms with Crippen LogP contribution in [0.15, 0.2) is 54.9 Å². The second-order valence-electron chi connectivity index (χ2n) is 6.73. The number of rotatable bonds is 11. The zero-order valence-electron chi connectivity index (χ0n) is 17.5. The van der Waals surface area contributed by atoms with Gasteiger partial charge in [0.25, 0.3) is 0 Å². The maximum Gasteiger partial charge on any atom is 0.353 e. The van der Waals surface area contributed by atoms with E-state index in [1.165, 1.54) is 6.33 Å². The highest BCUT2D eigenvalue weighted by Gasteiger charge is 2.23. The molecule has 0 aliphatic rings. The maximum absolute atomic E-state index is 11.7. The first kappa shape index (κ1) is 21.8. The fourth-order valence-electron chi connectivity index (χ4n) is 2.81. The molecule has 0 atom stereocenters. The summed E-state index contributed by atoms with van der Waals surface area (Å²) < 4.78 is 10.8. The Kier molecular flexibility index (Phi) is 7.58. The molecule has 0 saturated carbocycles. The lowest BCUT2D eigenvalue weighted by molar-refractivity contribution is -0.383. The van der Waals surface area contributed by atoms with Gasteiger partial charge in [-0.25, -0.2) is 9.97 Å². The first-order chi connectivity index (χ1) is 15.1. The molecule has 1 heterocycles. The van der Waals surface area contributed by atoms with Gasteiger partial charge in [-0.15, -0.1) is 0 Å². The van der Waals surface area contributed by atoms with Gasteiger partial charge in [0.2, 0.25) is 11.6 Å². The van der Waals surface area contributed by atoms with Gasteiger partial charge in [-0.1, -0.05) is 25.5 Å². The van der Waals surface area contributed by atoms with Gasteiger partial charge in [-0.3, -0.25) is 10.1 Å². The quantitative estimate of drug-likeness (QED) is 0.254. The van der Waals surface area contributed by atoms with E-state index >= 15 is 0 Å². The Morgan fingerprint density at radius 1 is 1.00 bits per heavy atom. The lowest BCUT2D eigenvalue weighted by Gasteiger charge is -2.11. The summed E-state index contributed by atoms with van der Waals surface area (Å²) in [5.74, 6) is 1.73. The molecule has 2 N–H and O–H groups in total. The Labute approximate surface area is 180 Å². The lowest BCUT2D eigenvalue weighted by Crippen LogP contribution is -2.08. The molecule has 0 radical (unpaired) electrons. The Morgan fingerprint density at radius 2 is 1.68 bits per heavy atom. The molecule has 9 nitrogen and oxygen atoms in total. The third-order valence-electron chi connectivity index (χ3n) is 4.51. The molecule has 0 aliphatic carbocycles. The van der Waals surface area contributed by atoms with Crippen molar-refractivity contribution in [1.82, 2.24) is 9.97 Å². The van der Waals surface area contributed by atoms with Crippen LogP contribution in [-0.2, 0) is 6.54 Å². The van der Waals surface area contributed by atoms with Crippen LogP contribution >= 0.6 is 0 Å². The van der Waals surface area contributed by atoms with Gasteiger partial charge in [-0.2, -0.15) is 0 Å². The summed E-state index contributed by atoms with van der Waals surface area (Å²) in [5, 5.41) is 17.8. The monoisotopic (exact) mass is 423 g/mol. The third-order valence-corrected chi connectivity index (χ3v) is 4.51. The van der Waals surface area contributed by atoms with Crippen molar-refractivity contribution >= 4 is 23.0 Å². The van der Waals surface area contributed by atoms with Crippen molar-refractivity contribution in [3.8, 4) is 11.5 Å². The number of nitrogens with one attached hydrogen (secondary N) is 2. The average molecular weight is 423 g/mol. The number of hydrogen-bond donors (Lipinski definition) is 2. The van der Waals surface area contributed by atoms with Crippen molar-refractivity contribution in [2.45, 2.75) is 26.3 Å². The second-order valence-corrected chi connectivity index (χ2v) is 6.73. The van der Waals surface area contributed by atoms with Gasteiger partial charge in [0, 0.05) is 12.2 Å². The Hall–Kier alpha value is -3.88. The molecular weight excluding hydrogens is 398 g/mol. The minimum absolute atomic E-state index is 0.108. The predicted octanol–water partition coefficient (Wildman–Crippen LogP) is 4.93. The van der Waals surface area contributed by atoms with E-state index in [4.69, 9.17) is 9.47 Å². The molecule has 9 heteroatoms. The highest BCUT2D eigenvalue weighted by molar-refractivity contribution is 5.73. The van der Waals surface area contributed by atoms with Crippen LogP contribution in [0.3, 0.4) is 0 Å². The molecule has 0 bridgehead atoms. The van der Waals surface area contributed by atoms with Crippen molar-refractivity contribution in [1.29, 1.82) is 0 Å². The highest BCUT2D eigenvalue weighted by Crippen LogP contribution is 2.32. The first-order valence-electron chi connectivity index (χ1n) is 9.96. The average Bonchev–Trinajstić information content (AvgIpc) is 2.79. The van der Waals surface area contributed by atoms with Crippen molar-refractivity contribution in [3.05, 3.63) is 70.5 Å². The highest BCUT2D eigenvalue weighted by atomic mass is 16.6. The molecule has 0 aliphatic heterocycles. The third kappa shape index (κ3) is 6.05. The second kappa shape index (κ2) is 10.8. The number of benzene rings is 2. The number of anilines is 3. The van der Waals surface area contributed by atoms with Gasteiger partial charge in [-0.05, 0) is 48.4 Å². The zero-order chi connectivity index (χ0) is 22.1. The maximum atomic E-state index is 11.7. The van der Waals surface area contributed by atoms with E-state index in [-0.39, 0.29) is 17.3 Å². The molecule has 0 unspecified atom stereocenters. The molecule has 0 amide bonds. The number of methoxy groups -OCH3 is 1. The molecule has 3 aromatic rings. The van der Waals surface area contributed by atoms with E-state index in [0.717, 1.165) is 29.9 Å². The number of aromatic nitrogens is 2. The van der Waals surface area contributed by atoms with Crippen LogP contribution in [0.5, 0.6) is 11.5 Å². The zero-order valence-corrected chi connectivity index (χ0v) is 17.5. The van der Waals surface area contributed by atoms with Crippen LogP contribution in [-0.4, -0.2) is 28.6 Å². The van der Waals surface area contributed by atoms with Crippen LogP contribution in [0.2, 0.25) is 0 Å². The van der Waals surface area contributed by atoms with E-state index in [0.29, 0.717) is 18.8 Å². The Morgan fingerprint density at radius 3 is 2.32 bits per heavy atom. The van der Waals surface area contributed by atoms with Crippen LogP contribution in [0.4, 0.5) is 23.0 Å². The summed E-state index contributed by atoms with van der Waals surface area (Å²) >= 11 is 0. The van der Waals surface area contributed by atoms with Crippen LogP contribution in [0.1, 0.15) is 25.3 Å². The standard InChI is InChI=1S/C22H25N5O4/c1-3-4-13-31-19-11-7-17(8-12-19)26-22-20(27(28)29)21(24-15-25-22)23-14-16-5-9-18(30-2)10-6-16/h5-12,15H,3-4,13-14H2,1-2H3,(H2,23,24,25,26). The summed E-state index contributed by atoms with van der Waals surface area (Å²) in [4.78, 5) is 19.4. The Bertz CT molecular complexity index is 994. The number of hydrogen-bond acceptors (Lipinski definition) is 8. The molecule has 3 rings (SSSR count). The molecule has 2 aromatic carbocycles. The largest absolute Gasteiger partial charge is 0.497 e. The summed E-state index contributed by atoms with van der Waals surface area (Å²) in [7, 11) is 1.60. The van der Waals surface area contributed by atoms with Crippen molar-refractivity contribution in [2.75, 3.05) is 24.4 Å². The van der Waals surface area contributed by atoms with E-state index < -0.39 is 4.92 Å². The van der Waals surface area contributed by atoms with Crippen LogP contribution in [0, 0.1) is 10.1 Å². The smallest absolute Gasteiger partial charge is 0.353 e. The van der Waals surface area contributed by atoms with E-state index in [9.17, 15) is 10.1 Å². The molecule has 0 fully saturated rings. The van der Waals surface area contributed by atoms with Gasteiger partial charge < -0.3 is 20.1 Å². The predicted molar refractivity (Wildman–Crippen MR) is 119 cm³/mol. The van der Waals surface area contributed by atoms with Gasteiger partial charge in [0.1, 0.15) is 17.8 Å². The fourth-order valence-corrected chi connectivity index (χ4v) is 2.81. The molecule has 0 saturated heterocycles. The minimum Gasteiger partial charge on any atom is -0.497 e. The molecule has 1 aromatic heterocycles. The summed E-state index contributed by atoms with van der Waals surface area (Å²) in [6, 6.07) is 14.6. The van der Waals surface area contributed by atoms with E-state index in [1.807, 2.05) is 36.4 Å². The van der Waals surface area contributed by atoms with Crippen molar-refractivity contribution in [3.63, 3.8) is 0 Å². The number of ether oxygens (including phenoxy) is 2. The summed E-state index contributed by atoms with van der Waals surface area (Å²) in [6.45, 7) is 3.13. The van der Waals surface area contributed by atoms with Gasteiger partial charge in [0.05, 0.1) is 18.6 Å². The topological polar surface area (TPSA) is 111 Å². The normalized spacial score (nSPS) is 10.4. The fraction of sp³-hybridized carbons (Fsp3) is 0.273. The number of nitrogens with zero attached hydrogens (tertiary/aromatic N) is 3. The molecular formula is C22H25N5O4. The first-order valence-corrected chi connectivity index (χ1v) is 9.96. The van der Waals surface area contributed by atoms with Gasteiger partial charge in [0.15, 0.2) is 0 Å². The molecule has 0 spiro atoms. The van der Waals surface area contributed by atoms with E-state index in [2.05, 4.69) is 27.5 Å². The van der Waals surface area contributed by atoms with Gasteiger partial charge >= 0.3 is 5.69 Å². The van der Waals surface area contributed by atoms with Crippen molar-refractivity contribution < 1.29 is 14.4 Å². The number of unbranched alkanes of at least 4 members (excludes halogenated alkanes) is 1. The minimum atomic E-state index is -0.499. The molecule has 162 valence electrons. The lowest BCUT2D eigenvalue weighted by atomic mass is 10.2. The SMILES string of the molecule is CCCCOc1ccc(Nc2ncnc(NCc3ccc(OC)cc3)c2[N+](=O)[O-])cc1. The van der Waals surface area contributed by atoms with Crippen LogP contribution in [0.25, 0.3) is 0 Å².